The first-order valence-corrected chi connectivity index (χ1v) is 9.17. The highest BCUT2D eigenvalue weighted by Gasteiger charge is 2.15. The molecule has 0 radical (unpaired) electrons. The Bertz CT molecular complexity index is 772. The molecule has 3 rings (SSSR count). The fraction of sp³-hybridized carbons (Fsp3) is 0.143. The minimum Gasteiger partial charge on any atom is -0.349 e. The van der Waals surface area contributed by atoms with Crippen LogP contribution >= 0.6 is 34.4 Å². The predicted molar refractivity (Wildman–Crippen MR) is 90.6 cm³/mol. The van der Waals surface area contributed by atoms with E-state index in [0.29, 0.717) is 5.13 Å². The first kappa shape index (κ1) is 14.4. The number of thioether (sulfide) groups is 1. The summed E-state index contributed by atoms with van der Waals surface area (Å²) in [6, 6.07) is 5.94. The van der Waals surface area contributed by atoms with Crippen molar-refractivity contribution in [2.24, 2.45) is 7.05 Å². The van der Waals surface area contributed by atoms with Crippen molar-refractivity contribution >= 4 is 45.5 Å². The molecule has 3 aromatic rings. The third-order valence-corrected chi connectivity index (χ3v) is 5.57. The van der Waals surface area contributed by atoms with Gasteiger partial charge >= 0.3 is 0 Å². The van der Waals surface area contributed by atoms with E-state index in [0.717, 1.165) is 21.2 Å². The van der Waals surface area contributed by atoms with E-state index >= 15 is 0 Å². The number of hydrogen-bond donors (Lipinski definition) is 1. The number of nitrogens with one attached hydrogen (secondary N) is 1. The van der Waals surface area contributed by atoms with Gasteiger partial charge in [-0.3, -0.25) is 10.1 Å². The molecule has 21 heavy (non-hydrogen) atoms. The van der Waals surface area contributed by atoms with Crippen LogP contribution in [-0.4, -0.2) is 21.7 Å². The summed E-state index contributed by atoms with van der Waals surface area (Å²) in [5.41, 5.74) is 1.91. The predicted octanol–water partition coefficient (Wildman–Crippen LogP) is 4.18. The maximum atomic E-state index is 12.3. The molecule has 0 fully saturated rings. The number of thiazole rings is 1. The maximum absolute atomic E-state index is 12.3. The van der Waals surface area contributed by atoms with Gasteiger partial charge < -0.3 is 4.57 Å². The van der Waals surface area contributed by atoms with Crippen LogP contribution in [-0.2, 0) is 7.05 Å². The molecule has 1 N–H and O–H groups in total. The number of hydrogen-bond acceptors (Lipinski definition) is 5. The average Bonchev–Trinajstić information content (AvgIpc) is 3.17. The molecule has 0 saturated carbocycles. The van der Waals surface area contributed by atoms with Crippen molar-refractivity contribution in [2.75, 3.05) is 11.6 Å². The normalized spacial score (nSPS) is 10.8. The Hall–Kier alpha value is -1.57. The lowest BCUT2D eigenvalue weighted by Gasteiger charge is -2.01. The van der Waals surface area contributed by atoms with Crippen molar-refractivity contribution in [2.45, 2.75) is 4.90 Å². The Morgan fingerprint density at radius 1 is 1.38 bits per heavy atom. The Kier molecular flexibility index (Phi) is 4.14. The summed E-state index contributed by atoms with van der Waals surface area (Å²) in [6.07, 6.45) is 3.94. The number of carbonyl (C=O) groups is 1. The largest absolute Gasteiger partial charge is 0.349 e. The molecule has 1 amide bonds. The van der Waals surface area contributed by atoms with Crippen LogP contribution < -0.4 is 5.32 Å². The molecular weight excluding hydrogens is 322 g/mol. The van der Waals surface area contributed by atoms with Gasteiger partial charge in [-0.1, -0.05) is 0 Å². The number of thiophene rings is 1. The van der Waals surface area contributed by atoms with Crippen LogP contribution in [0.3, 0.4) is 0 Å². The molecule has 0 saturated heterocycles. The van der Waals surface area contributed by atoms with Crippen LogP contribution in [0.2, 0.25) is 0 Å². The van der Waals surface area contributed by atoms with E-state index in [9.17, 15) is 4.79 Å². The summed E-state index contributed by atoms with van der Waals surface area (Å²) in [5, 5.41) is 7.38. The maximum Gasteiger partial charge on any atom is 0.268 e. The Morgan fingerprint density at radius 3 is 2.95 bits per heavy atom. The van der Waals surface area contributed by atoms with Gasteiger partial charge in [0.05, 0.1) is 11.4 Å². The second kappa shape index (κ2) is 6.05. The van der Waals surface area contributed by atoms with Gasteiger partial charge in [0, 0.05) is 23.5 Å². The van der Waals surface area contributed by atoms with Crippen LogP contribution in [0, 0.1) is 0 Å². The number of amides is 1. The lowest BCUT2D eigenvalue weighted by atomic mass is 10.3. The van der Waals surface area contributed by atoms with Crippen LogP contribution in [0.5, 0.6) is 0 Å². The summed E-state index contributed by atoms with van der Waals surface area (Å²) < 4.78 is 2.01. The molecule has 0 aliphatic rings. The van der Waals surface area contributed by atoms with Crippen LogP contribution in [0.15, 0.2) is 40.1 Å². The summed E-state index contributed by atoms with van der Waals surface area (Å²) in [6.45, 7) is 0. The number of nitrogens with zero attached hydrogens (tertiary/aromatic N) is 2. The SMILES string of the molecule is CSc1ccsc1C(=O)Nc1nc(-c2cccn2C)cs1. The van der Waals surface area contributed by atoms with E-state index in [-0.39, 0.29) is 5.91 Å². The van der Waals surface area contributed by atoms with Crippen molar-refractivity contribution in [3.8, 4) is 11.4 Å². The number of rotatable bonds is 4. The molecule has 3 aromatic heterocycles. The Morgan fingerprint density at radius 2 is 2.24 bits per heavy atom. The molecule has 0 aliphatic carbocycles. The van der Waals surface area contributed by atoms with Gasteiger partial charge in [-0.15, -0.1) is 34.4 Å². The Balaban J connectivity index is 1.79. The standard InChI is InChI=1S/C14H13N3OS3/c1-17-6-3-4-10(17)9-8-21-14(15-9)16-13(18)12-11(19-2)5-7-20-12/h3-8H,1-2H3,(H,15,16,18). The molecule has 7 heteroatoms. The highest BCUT2D eigenvalue weighted by atomic mass is 32.2. The zero-order valence-corrected chi connectivity index (χ0v) is 13.9. The summed E-state index contributed by atoms with van der Waals surface area (Å²) in [5.74, 6) is -0.0952. The summed E-state index contributed by atoms with van der Waals surface area (Å²) in [7, 11) is 1.98. The van der Waals surface area contributed by atoms with E-state index in [1.54, 1.807) is 11.8 Å². The van der Waals surface area contributed by atoms with Gasteiger partial charge in [0.2, 0.25) is 0 Å². The first-order chi connectivity index (χ1) is 10.2. The van der Waals surface area contributed by atoms with Crippen molar-refractivity contribution in [3.05, 3.63) is 40.0 Å². The quantitative estimate of drug-likeness (QED) is 0.727. The van der Waals surface area contributed by atoms with Gasteiger partial charge in [0.25, 0.3) is 5.91 Å². The molecule has 0 atom stereocenters. The minimum atomic E-state index is -0.0952. The van der Waals surface area contributed by atoms with Crippen molar-refractivity contribution in [1.82, 2.24) is 9.55 Å². The summed E-state index contributed by atoms with van der Waals surface area (Å²) in [4.78, 5) is 18.5. The van der Waals surface area contributed by atoms with E-state index in [4.69, 9.17) is 0 Å². The highest BCUT2D eigenvalue weighted by Crippen LogP contribution is 2.28. The first-order valence-electron chi connectivity index (χ1n) is 6.19. The van der Waals surface area contributed by atoms with Crippen molar-refractivity contribution in [3.63, 3.8) is 0 Å². The fourth-order valence-electron chi connectivity index (χ4n) is 1.95. The zero-order valence-electron chi connectivity index (χ0n) is 11.5. The molecule has 0 aliphatic heterocycles. The van der Waals surface area contributed by atoms with Gasteiger partial charge in [0.1, 0.15) is 4.88 Å². The lowest BCUT2D eigenvalue weighted by molar-refractivity contribution is 0.102. The van der Waals surface area contributed by atoms with Crippen LogP contribution in [0.4, 0.5) is 5.13 Å². The van der Waals surface area contributed by atoms with E-state index in [2.05, 4.69) is 10.3 Å². The monoisotopic (exact) mass is 335 g/mol. The van der Waals surface area contributed by atoms with Crippen LogP contribution in [0.25, 0.3) is 11.4 Å². The molecule has 0 aromatic carbocycles. The number of aryl methyl sites for hydroxylation is 1. The lowest BCUT2D eigenvalue weighted by Crippen LogP contribution is -2.10. The van der Waals surface area contributed by atoms with Gasteiger partial charge in [-0.05, 0) is 29.8 Å². The molecule has 0 unspecified atom stereocenters. The second-order valence-electron chi connectivity index (χ2n) is 4.31. The fourth-order valence-corrected chi connectivity index (χ4v) is 4.30. The minimum absolute atomic E-state index is 0.0952. The number of aromatic nitrogens is 2. The van der Waals surface area contributed by atoms with Gasteiger partial charge in [-0.2, -0.15) is 0 Å². The van der Waals surface area contributed by atoms with E-state index in [1.165, 1.54) is 22.7 Å². The van der Waals surface area contributed by atoms with E-state index < -0.39 is 0 Å². The second-order valence-corrected chi connectivity index (χ2v) is 6.94. The van der Waals surface area contributed by atoms with E-state index in [1.807, 2.05) is 53.0 Å². The molecular formula is C14H13N3OS3. The number of anilines is 1. The van der Waals surface area contributed by atoms with Gasteiger partial charge in [0.15, 0.2) is 5.13 Å². The molecule has 0 spiro atoms. The van der Waals surface area contributed by atoms with Crippen molar-refractivity contribution in [1.29, 1.82) is 0 Å². The molecule has 0 bridgehead atoms. The number of carbonyl (C=O) groups excluding carboxylic acids is 1. The Labute approximate surface area is 134 Å². The average molecular weight is 335 g/mol. The van der Waals surface area contributed by atoms with Crippen LogP contribution in [0.1, 0.15) is 9.67 Å². The summed E-state index contributed by atoms with van der Waals surface area (Å²) >= 11 is 4.46. The third-order valence-electron chi connectivity index (χ3n) is 2.99. The smallest absolute Gasteiger partial charge is 0.268 e. The third kappa shape index (κ3) is 2.90. The van der Waals surface area contributed by atoms with Gasteiger partial charge in [-0.25, -0.2) is 4.98 Å². The molecule has 4 nitrogen and oxygen atoms in total. The highest BCUT2D eigenvalue weighted by molar-refractivity contribution is 7.98. The molecule has 108 valence electrons. The topological polar surface area (TPSA) is 46.9 Å². The van der Waals surface area contributed by atoms with Crippen molar-refractivity contribution < 1.29 is 4.79 Å². The molecule has 3 heterocycles. The zero-order chi connectivity index (χ0) is 14.8.